The zero-order valence-corrected chi connectivity index (χ0v) is 14.6. The molecule has 4 aromatic rings. The van der Waals surface area contributed by atoms with Crippen molar-refractivity contribution in [3.63, 3.8) is 0 Å². The Kier molecular flexibility index (Phi) is 4.18. The molecule has 0 fully saturated rings. The summed E-state index contributed by atoms with van der Waals surface area (Å²) < 4.78 is 28.9. The van der Waals surface area contributed by atoms with Crippen molar-refractivity contribution in [3.05, 3.63) is 76.3 Å². The largest absolute Gasteiger partial charge is 0.306 e. The van der Waals surface area contributed by atoms with Gasteiger partial charge in [-0.15, -0.1) is 11.3 Å². The molecule has 1 N–H and O–H groups in total. The summed E-state index contributed by atoms with van der Waals surface area (Å²) in [6, 6.07) is 9.52. The lowest BCUT2D eigenvalue weighted by molar-refractivity contribution is 0.102. The first-order valence-corrected chi connectivity index (χ1v) is 8.76. The fourth-order valence-corrected chi connectivity index (χ4v) is 3.45. The van der Waals surface area contributed by atoms with Crippen LogP contribution in [0.25, 0.3) is 16.2 Å². The lowest BCUT2D eigenvalue weighted by atomic mass is 10.1. The Hall–Kier alpha value is -2.77. The maximum absolute atomic E-state index is 14.0. The molecule has 2 aromatic heterocycles. The fraction of sp³-hybridized carbons (Fsp3) is 0. The number of aromatic nitrogens is 2. The average molecular weight is 390 g/mol. The summed E-state index contributed by atoms with van der Waals surface area (Å²) in [7, 11) is 0. The molecule has 0 bridgehead atoms. The molecule has 130 valence electrons. The maximum Gasteiger partial charge on any atom is 0.259 e. The van der Waals surface area contributed by atoms with Gasteiger partial charge >= 0.3 is 0 Å². The molecule has 4 rings (SSSR count). The zero-order chi connectivity index (χ0) is 18.3. The van der Waals surface area contributed by atoms with Crippen molar-refractivity contribution in [2.24, 2.45) is 0 Å². The minimum Gasteiger partial charge on any atom is -0.306 e. The summed E-state index contributed by atoms with van der Waals surface area (Å²) >= 11 is 7.24. The number of halogens is 3. The zero-order valence-electron chi connectivity index (χ0n) is 13.0. The molecule has 8 heteroatoms. The molecule has 0 radical (unpaired) electrons. The topological polar surface area (TPSA) is 46.4 Å². The van der Waals surface area contributed by atoms with Crippen molar-refractivity contribution in [2.45, 2.75) is 0 Å². The lowest BCUT2D eigenvalue weighted by Gasteiger charge is -2.08. The van der Waals surface area contributed by atoms with Gasteiger partial charge in [-0.3, -0.25) is 9.20 Å². The van der Waals surface area contributed by atoms with E-state index < -0.39 is 11.7 Å². The molecule has 2 heterocycles. The Morgan fingerprint density at radius 3 is 2.69 bits per heavy atom. The van der Waals surface area contributed by atoms with E-state index in [1.54, 1.807) is 22.7 Å². The average Bonchev–Trinajstić information content (AvgIpc) is 3.20. The van der Waals surface area contributed by atoms with Crippen LogP contribution >= 0.6 is 22.9 Å². The second-order valence-corrected chi connectivity index (χ2v) is 6.76. The molecule has 0 atom stereocenters. The Balaban J connectivity index is 1.79. The van der Waals surface area contributed by atoms with Crippen LogP contribution in [0.15, 0.2) is 54.0 Å². The molecule has 0 aliphatic heterocycles. The number of hydrogen-bond acceptors (Lipinski definition) is 3. The first-order chi connectivity index (χ1) is 12.5. The number of nitrogens with zero attached hydrogens (tertiary/aromatic N) is 2. The van der Waals surface area contributed by atoms with Crippen molar-refractivity contribution in [3.8, 4) is 11.3 Å². The third kappa shape index (κ3) is 2.95. The van der Waals surface area contributed by atoms with Crippen molar-refractivity contribution in [2.75, 3.05) is 5.32 Å². The SMILES string of the molecule is O=C(Nc1c(-c2ccc(F)cc2)nc2sccn12)c1cc(Cl)ccc1F. The summed E-state index contributed by atoms with van der Waals surface area (Å²) in [4.78, 5) is 17.7. The summed E-state index contributed by atoms with van der Waals surface area (Å²) in [6.45, 7) is 0. The summed E-state index contributed by atoms with van der Waals surface area (Å²) in [5.41, 5.74) is 0.921. The Morgan fingerprint density at radius 2 is 1.92 bits per heavy atom. The first kappa shape index (κ1) is 16.7. The highest BCUT2D eigenvalue weighted by Crippen LogP contribution is 2.31. The summed E-state index contributed by atoms with van der Waals surface area (Å²) in [5.74, 6) is -1.33. The van der Waals surface area contributed by atoms with E-state index in [0.29, 0.717) is 22.0 Å². The standard InChI is InChI=1S/C18H10ClF2N3OS/c19-11-3-6-14(21)13(9-11)17(25)23-16-15(10-1-4-12(20)5-2-10)22-18-24(16)7-8-26-18/h1-9H,(H,23,25). The number of imidazole rings is 1. The van der Waals surface area contributed by atoms with E-state index in [-0.39, 0.29) is 16.4 Å². The van der Waals surface area contributed by atoms with Gasteiger partial charge < -0.3 is 5.32 Å². The van der Waals surface area contributed by atoms with Gasteiger partial charge in [0.05, 0.1) is 5.56 Å². The van der Waals surface area contributed by atoms with Crippen LogP contribution in [0, 0.1) is 11.6 Å². The molecule has 0 spiro atoms. The second kappa shape index (κ2) is 6.51. The van der Waals surface area contributed by atoms with Crippen molar-refractivity contribution in [1.82, 2.24) is 9.38 Å². The van der Waals surface area contributed by atoms with E-state index in [0.717, 1.165) is 6.07 Å². The Labute approximate surface area is 155 Å². The number of hydrogen-bond donors (Lipinski definition) is 1. The summed E-state index contributed by atoms with van der Waals surface area (Å²) in [5, 5.41) is 4.76. The monoisotopic (exact) mass is 389 g/mol. The predicted molar refractivity (Wildman–Crippen MR) is 97.8 cm³/mol. The normalized spacial score (nSPS) is 11.0. The van der Waals surface area contributed by atoms with Crippen LogP contribution in [-0.2, 0) is 0 Å². The van der Waals surface area contributed by atoms with E-state index in [1.807, 2.05) is 5.38 Å². The third-order valence-corrected chi connectivity index (χ3v) is 4.78. The molecule has 0 saturated carbocycles. The van der Waals surface area contributed by atoms with Crippen LogP contribution < -0.4 is 5.32 Å². The van der Waals surface area contributed by atoms with Crippen LogP contribution in [0.2, 0.25) is 5.02 Å². The lowest BCUT2D eigenvalue weighted by Crippen LogP contribution is -2.15. The van der Waals surface area contributed by atoms with Crippen LogP contribution in [0.4, 0.5) is 14.6 Å². The highest BCUT2D eigenvalue weighted by Gasteiger charge is 2.20. The van der Waals surface area contributed by atoms with Gasteiger partial charge in [-0.25, -0.2) is 13.8 Å². The molecule has 0 aliphatic carbocycles. The number of anilines is 1. The number of thiazole rings is 1. The third-order valence-electron chi connectivity index (χ3n) is 3.78. The highest BCUT2D eigenvalue weighted by atomic mass is 35.5. The molecular formula is C18H10ClF2N3OS. The summed E-state index contributed by atoms with van der Waals surface area (Å²) in [6.07, 6.45) is 1.74. The fourth-order valence-electron chi connectivity index (χ4n) is 2.56. The van der Waals surface area contributed by atoms with Gasteiger partial charge in [-0.1, -0.05) is 11.6 Å². The first-order valence-electron chi connectivity index (χ1n) is 7.51. The van der Waals surface area contributed by atoms with Crippen LogP contribution in [0.3, 0.4) is 0 Å². The minimum atomic E-state index is -0.679. The van der Waals surface area contributed by atoms with E-state index in [1.165, 1.54) is 35.6 Å². The van der Waals surface area contributed by atoms with Gasteiger partial charge in [0.25, 0.3) is 5.91 Å². The van der Waals surface area contributed by atoms with E-state index in [9.17, 15) is 13.6 Å². The van der Waals surface area contributed by atoms with Crippen LogP contribution in [-0.4, -0.2) is 15.3 Å². The van der Waals surface area contributed by atoms with Gasteiger partial charge in [-0.05, 0) is 42.5 Å². The number of rotatable bonds is 3. The molecular weight excluding hydrogens is 380 g/mol. The number of benzene rings is 2. The molecule has 0 unspecified atom stereocenters. The minimum absolute atomic E-state index is 0.173. The number of carbonyl (C=O) groups is 1. The van der Waals surface area contributed by atoms with Gasteiger partial charge in [0.15, 0.2) is 4.96 Å². The number of nitrogens with one attached hydrogen (secondary N) is 1. The van der Waals surface area contributed by atoms with Gasteiger partial charge in [-0.2, -0.15) is 0 Å². The van der Waals surface area contributed by atoms with Crippen molar-refractivity contribution >= 4 is 39.6 Å². The van der Waals surface area contributed by atoms with E-state index in [2.05, 4.69) is 10.3 Å². The molecule has 0 aliphatic rings. The number of carbonyl (C=O) groups excluding carboxylic acids is 1. The Bertz CT molecular complexity index is 1120. The second-order valence-electron chi connectivity index (χ2n) is 5.45. The van der Waals surface area contributed by atoms with Gasteiger partial charge in [0.1, 0.15) is 23.1 Å². The van der Waals surface area contributed by atoms with Gasteiger partial charge in [0.2, 0.25) is 0 Å². The predicted octanol–water partition coefficient (Wildman–Crippen LogP) is 5.25. The quantitative estimate of drug-likeness (QED) is 0.520. The number of fused-ring (bicyclic) bond motifs is 1. The maximum atomic E-state index is 14.0. The van der Waals surface area contributed by atoms with E-state index in [4.69, 9.17) is 11.6 Å². The van der Waals surface area contributed by atoms with Crippen molar-refractivity contribution < 1.29 is 13.6 Å². The van der Waals surface area contributed by atoms with Crippen molar-refractivity contribution in [1.29, 1.82) is 0 Å². The van der Waals surface area contributed by atoms with E-state index >= 15 is 0 Å². The van der Waals surface area contributed by atoms with Crippen LogP contribution in [0.5, 0.6) is 0 Å². The van der Waals surface area contributed by atoms with Crippen LogP contribution in [0.1, 0.15) is 10.4 Å². The molecule has 1 amide bonds. The molecule has 2 aromatic carbocycles. The van der Waals surface area contributed by atoms with Gasteiger partial charge in [0, 0.05) is 22.2 Å². The molecule has 26 heavy (non-hydrogen) atoms. The Morgan fingerprint density at radius 1 is 1.15 bits per heavy atom. The molecule has 0 saturated heterocycles. The smallest absolute Gasteiger partial charge is 0.259 e. The molecule has 4 nitrogen and oxygen atoms in total. The number of amides is 1. The highest BCUT2D eigenvalue weighted by molar-refractivity contribution is 7.15.